The quantitative estimate of drug-likeness (QED) is 0.639. The Labute approximate surface area is 141 Å². The first-order chi connectivity index (χ1) is 11.9. The summed E-state index contributed by atoms with van der Waals surface area (Å²) in [6.45, 7) is 1.36. The minimum atomic E-state index is -1.69. The molecule has 0 unspecified atom stereocenters. The molecule has 0 spiro atoms. The van der Waals surface area contributed by atoms with Crippen molar-refractivity contribution in [3.05, 3.63) is 53.3 Å². The molecule has 1 atom stereocenters. The number of carbonyl (C=O) groups excluding carboxylic acids is 2. The third-order valence-electron chi connectivity index (χ3n) is 3.29. The molecule has 0 aliphatic carbocycles. The molecule has 1 N–H and O–H groups in total. The summed E-state index contributed by atoms with van der Waals surface area (Å²) in [5, 5.41) is 2.11. The Morgan fingerprint density at radius 2 is 1.84 bits per heavy atom. The van der Waals surface area contributed by atoms with Gasteiger partial charge in [0.15, 0.2) is 35.1 Å². The van der Waals surface area contributed by atoms with Crippen molar-refractivity contribution in [2.75, 3.05) is 12.4 Å². The van der Waals surface area contributed by atoms with Crippen LogP contribution in [-0.2, 0) is 4.79 Å². The zero-order valence-corrected chi connectivity index (χ0v) is 13.3. The fourth-order valence-electron chi connectivity index (χ4n) is 1.96. The van der Waals surface area contributed by atoms with Crippen LogP contribution in [0, 0.1) is 17.5 Å². The molecular weight excluding hydrogens is 339 g/mol. The largest absolute Gasteiger partial charge is 0.493 e. The summed E-state index contributed by atoms with van der Waals surface area (Å²) in [7, 11) is 1.38. The maximum atomic E-state index is 13.6. The number of amides is 1. The average Bonchev–Trinajstić information content (AvgIpc) is 2.61. The molecule has 0 aliphatic heterocycles. The van der Waals surface area contributed by atoms with Crippen LogP contribution in [-0.4, -0.2) is 25.4 Å². The van der Waals surface area contributed by atoms with E-state index in [4.69, 9.17) is 9.47 Å². The van der Waals surface area contributed by atoms with Crippen molar-refractivity contribution in [3.63, 3.8) is 0 Å². The van der Waals surface area contributed by atoms with E-state index in [2.05, 4.69) is 5.32 Å². The summed E-state index contributed by atoms with van der Waals surface area (Å²) in [6.07, 6.45) is -0.545. The van der Waals surface area contributed by atoms with Crippen LogP contribution < -0.4 is 14.8 Å². The van der Waals surface area contributed by atoms with Gasteiger partial charge in [-0.05, 0) is 37.3 Å². The number of hydrogen-bond donors (Lipinski definition) is 1. The molecular formula is C17H14F3NO4. The van der Waals surface area contributed by atoms with Gasteiger partial charge < -0.3 is 14.8 Å². The number of carbonyl (C=O) groups is 2. The summed E-state index contributed by atoms with van der Waals surface area (Å²) in [4.78, 5) is 22.9. The molecule has 0 saturated carbocycles. The predicted octanol–water partition coefficient (Wildman–Crippen LogP) is 3.33. The van der Waals surface area contributed by atoms with Gasteiger partial charge in [0, 0.05) is 5.56 Å². The normalized spacial score (nSPS) is 11.6. The van der Waals surface area contributed by atoms with Crippen LogP contribution in [0.15, 0.2) is 30.3 Å². The van der Waals surface area contributed by atoms with E-state index in [9.17, 15) is 22.8 Å². The Morgan fingerprint density at radius 3 is 2.48 bits per heavy atom. The van der Waals surface area contributed by atoms with E-state index in [-0.39, 0.29) is 11.5 Å². The molecule has 0 radical (unpaired) electrons. The van der Waals surface area contributed by atoms with Crippen LogP contribution >= 0.6 is 0 Å². The van der Waals surface area contributed by atoms with Crippen molar-refractivity contribution in [1.29, 1.82) is 0 Å². The summed E-state index contributed by atoms with van der Waals surface area (Å²) in [6, 6.07) is 5.94. The second kappa shape index (κ2) is 7.69. The Balaban J connectivity index is 2.16. The molecule has 2 aromatic rings. The van der Waals surface area contributed by atoms with Crippen LogP contribution in [0.4, 0.5) is 18.9 Å². The van der Waals surface area contributed by atoms with Gasteiger partial charge in [-0.3, -0.25) is 9.59 Å². The summed E-state index contributed by atoms with van der Waals surface area (Å²) in [5.41, 5.74) is -0.219. The lowest BCUT2D eigenvalue weighted by Crippen LogP contribution is -2.30. The topological polar surface area (TPSA) is 64.6 Å². The van der Waals surface area contributed by atoms with Gasteiger partial charge >= 0.3 is 0 Å². The van der Waals surface area contributed by atoms with E-state index in [0.717, 1.165) is 6.07 Å². The molecule has 2 rings (SSSR count). The van der Waals surface area contributed by atoms with Crippen molar-refractivity contribution >= 4 is 17.9 Å². The minimum absolute atomic E-state index is 0.125. The van der Waals surface area contributed by atoms with Crippen molar-refractivity contribution in [3.8, 4) is 11.5 Å². The van der Waals surface area contributed by atoms with Gasteiger partial charge in [0.05, 0.1) is 12.8 Å². The zero-order chi connectivity index (χ0) is 18.6. The van der Waals surface area contributed by atoms with Crippen molar-refractivity contribution in [2.45, 2.75) is 13.0 Å². The summed E-state index contributed by atoms with van der Waals surface area (Å²) < 4.78 is 50.2. The van der Waals surface area contributed by atoms with Gasteiger partial charge in [-0.2, -0.15) is 0 Å². The first-order valence-electron chi connectivity index (χ1n) is 7.11. The van der Waals surface area contributed by atoms with E-state index in [1.165, 1.54) is 32.2 Å². The fourth-order valence-corrected chi connectivity index (χ4v) is 1.96. The molecule has 2 aromatic carbocycles. The smallest absolute Gasteiger partial charge is 0.265 e. The van der Waals surface area contributed by atoms with Crippen LogP contribution in [0.3, 0.4) is 0 Å². The van der Waals surface area contributed by atoms with E-state index in [0.29, 0.717) is 17.9 Å². The summed E-state index contributed by atoms with van der Waals surface area (Å²) in [5.74, 6) is -4.96. The first kappa shape index (κ1) is 18.3. The predicted molar refractivity (Wildman–Crippen MR) is 83.4 cm³/mol. The maximum Gasteiger partial charge on any atom is 0.265 e. The van der Waals surface area contributed by atoms with E-state index < -0.39 is 35.2 Å². The van der Waals surface area contributed by atoms with Gasteiger partial charge in [-0.1, -0.05) is 0 Å². The number of rotatable bonds is 6. The molecule has 25 heavy (non-hydrogen) atoms. The number of hydrogen-bond acceptors (Lipinski definition) is 4. The van der Waals surface area contributed by atoms with E-state index >= 15 is 0 Å². The molecule has 132 valence electrons. The molecule has 0 saturated heterocycles. The molecule has 1 amide bonds. The lowest BCUT2D eigenvalue weighted by atomic mass is 10.2. The van der Waals surface area contributed by atoms with Crippen LogP contribution in [0.1, 0.15) is 17.3 Å². The second-order valence-corrected chi connectivity index (χ2v) is 5.00. The van der Waals surface area contributed by atoms with E-state index in [1.807, 2.05) is 0 Å². The van der Waals surface area contributed by atoms with Gasteiger partial charge in [0.1, 0.15) is 6.29 Å². The highest BCUT2D eigenvalue weighted by atomic mass is 19.2. The third-order valence-corrected chi connectivity index (χ3v) is 3.29. The number of methoxy groups -OCH3 is 1. The van der Waals surface area contributed by atoms with Crippen LogP contribution in [0.2, 0.25) is 0 Å². The molecule has 5 nitrogen and oxygen atoms in total. The average molecular weight is 353 g/mol. The van der Waals surface area contributed by atoms with Gasteiger partial charge in [-0.25, -0.2) is 13.2 Å². The molecule has 0 fully saturated rings. The Bertz CT molecular complexity index is 811. The first-order valence-corrected chi connectivity index (χ1v) is 7.11. The number of ether oxygens (including phenoxy) is 2. The van der Waals surface area contributed by atoms with Gasteiger partial charge in [0.25, 0.3) is 5.91 Å². The number of halogens is 3. The number of anilines is 1. The zero-order valence-electron chi connectivity index (χ0n) is 13.3. The third kappa shape index (κ3) is 4.09. The number of nitrogens with one attached hydrogen (secondary N) is 1. The van der Waals surface area contributed by atoms with Crippen LogP contribution in [0.5, 0.6) is 11.5 Å². The van der Waals surface area contributed by atoms with Crippen molar-refractivity contribution in [1.82, 2.24) is 0 Å². The molecule has 0 aliphatic rings. The molecule has 0 heterocycles. The highest BCUT2D eigenvalue weighted by Crippen LogP contribution is 2.29. The highest BCUT2D eigenvalue weighted by Gasteiger charge is 2.21. The number of aldehydes is 1. The Kier molecular flexibility index (Phi) is 5.63. The molecule has 8 heteroatoms. The maximum absolute atomic E-state index is 13.6. The second-order valence-electron chi connectivity index (χ2n) is 5.00. The molecule has 0 aromatic heterocycles. The Morgan fingerprint density at radius 1 is 1.12 bits per heavy atom. The number of benzene rings is 2. The monoisotopic (exact) mass is 353 g/mol. The molecule has 0 bridgehead atoms. The van der Waals surface area contributed by atoms with E-state index in [1.54, 1.807) is 0 Å². The van der Waals surface area contributed by atoms with Crippen LogP contribution in [0.25, 0.3) is 0 Å². The SMILES string of the molecule is COc1ccc(C=O)cc1O[C@H](C)C(=O)Nc1ccc(F)c(F)c1F. The fraction of sp³-hybridized carbons (Fsp3) is 0.176. The standard InChI is InChI=1S/C17H14F3NO4/c1-9(25-14-7-10(8-22)3-6-13(14)24-2)17(23)21-12-5-4-11(18)15(19)16(12)20/h3-9H,1-2H3,(H,21,23)/t9-/m1/s1. The van der Waals surface area contributed by atoms with Gasteiger partial charge in [-0.15, -0.1) is 0 Å². The highest BCUT2D eigenvalue weighted by molar-refractivity contribution is 5.94. The summed E-state index contributed by atoms with van der Waals surface area (Å²) >= 11 is 0. The Hall–Kier alpha value is -3.03. The van der Waals surface area contributed by atoms with Crippen molar-refractivity contribution in [2.24, 2.45) is 0 Å². The minimum Gasteiger partial charge on any atom is -0.493 e. The van der Waals surface area contributed by atoms with Gasteiger partial charge in [0.2, 0.25) is 0 Å². The van der Waals surface area contributed by atoms with Crippen molar-refractivity contribution < 1.29 is 32.2 Å². The lowest BCUT2D eigenvalue weighted by molar-refractivity contribution is -0.122. The lowest BCUT2D eigenvalue weighted by Gasteiger charge is -2.17.